The standard InChI is InChI=1S/C28H33NO6/c1-2-29-15-17-30-23-9-3-5-11-25(23)32-19-21-34-27-13-7-8-14-28(27)35-22-20-33-26-12-6-4-10-24(26)31-18-16-29/h3-14H,2,15-22H2,1H3. The Kier molecular flexibility index (Phi) is 9.36. The third-order valence-corrected chi connectivity index (χ3v) is 5.52. The number of hydrogen-bond acceptors (Lipinski definition) is 7. The van der Waals surface area contributed by atoms with E-state index in [1.165, 1.54) is 0 Å². The molecule has 1 aliphatic rings. The first kappa shape index (κ1) is 24.5. The molecule has 0 atom stereocenters. The zero-order valence-electron chi connectivity index (χ0n) is 20.2. The van der Waals surface area contributed by atoms with Gasteiger partial charge in [-0.1, -0.05) is 43.3 Å². The van der Waals surface area contributed by atoms with Crippen molar-refractivity contribution in [1.29, 1.82) is 0 Å². The molecule has 0 amide bonds. The van der Waals surface area contributed by atoms with Gasteiger partial charge in [0.25, 0.3) is 0 Å². The van der Waals surface area contributed by atoms with Gasteiger partial charge in [0.1, 0.15) is 39.6 Å². The van der Waals surface area contributed by atoms with E-state index in [0.717, 1.165) is 31.1 Å². The second kappa shape index (κ2) is 13.3. The topological polar surface area (TPSA) is 58.6 Å². The van der Waals surface area contributed by atoms with Crippen molar-refractivity contribution in [1.82, 2.24) is 4.90 Å². The largest absolute Gasteiger partial charge is 0.488 e. The van der Waals surface area contributed by atoms with E-state index in [9.17, 15) is 0 Å². The summed E-state index contributed by atoms with van der Waals surface area (Å²) in [6.07, 6.45) is 0. The van der Waals surface area contributed by atoms with Crippen LogP contribution in [0.4, 0.5) is 0 Å². The van der Waals surface area contributed by atoms with Crippen LogP contribution in [0.3, 0.4) is 0 Å². The summed E-state index contributed by atoms with van der Waals surface area (Å²) in [5.41, 5.74) is 0. The van der Waals surface area contributed by atoms with Gasteiger partial charge in [-0.15, -0.1) is 0 Å². The highest BCUT2D eigenvalue weighted by Gasteiger charge is 2.10. The normalized spacial score (nSPS) is 16.0. The maximum absolute atomic E-state index is 6.04. The van der Waals surface area contributed by atoms with Gasteiger partial charge in [-0.25, -0.2) is 0 Å². The molecule has 3 aromatic carbocycles. The molecule has 0 aromatic heterocycles. The van der Waals surface area contributed by atoms with Crippen molar-refractivity contribution in [2.24, 2.45) is 0 Å². The minimum Gasteiger partial charge on any atom is -0.488 e. The van der Waals surface area contributed by atoms with Crippen molar-refractivity contribution in [3.8, 4) is 34.5 Å². The quantitative estimate of drug-likeness (QED) is 0.502. The van der Waals surface area contributed by atoms with E-state index < -0.39 is 0 Å². The average Bonchev–Trinajstić information content (AvgIpc) is 2.90. The number of likely N-dealkylation sites (N-methyl/N-ethyl adjacent to an activating group) is 1. The molecule has 7 heteroatoms. The fourth-order valence-corrected chi connectivity index (χ4v) is 3.67. The Bertz CT molecular complexity index is 963. The van der Waals surface area contributed by atoms with Gasteiger partial charge in [0.15, 0.2) is 34.5 Å². The number of fused-ring (bicyclic) bond motifs is 3. The number of nitrogens with zero attached hydrogens (tertiary/aromatic N) is 1. The number of ether oxygens (including phenoxy) is 6. The van der Waals surface area contributed by atoms with Crippen LogP contribution in [0.1, 0.15) is 6.92 Å². The molecule has 3 aromatic rings. The molecule has 0 saturated carbocycles. The van der Waals surface area contributed by atoms with Crippen LogP contribution in [0, 0.1) is 0 Å². The summed E-state index contributed by atoms with van der Waals surface area (Å²) >= 11 is 0. The summed E-state index contributed by atoms with van der Waals surface area (Å²) in [5.74, 6) is 4.17. The van der Waals surface area contributed by atoms with Gasteiger partial charge in [0, 0.05) is 13.1 Å². The molecule has 0 N–H and O–H groups in total. The third-order valence-electron chi connectivity index (χ3n) is 5.52. The summed E-state index contributed by atoms with van der Waals surface area (Å²) in [6.45, 7) is 7.21. The first-order chi connectivity index (χ1) is 17.3. The molecule has 0 unspecified atom stereocenters. The fourth-order valence-electron chi connectivity index (χ4n) is 3.67. The predicted octanol–water partition coefficient (Wildman–Crippen LogP) is 4.70. The first-order valence-electron chi connectivity index (χ1n) is 12.1. The molecule has 0 fully saturated rings. The minimum absolute atomic E-state index is 0.375. The molecule has 0 bridgehead atoms. The van der Waals surface area contributed by atoms with Crippen LogP contribution < -0.4 is 28.4 Å². The van der Waals surface area contributed by atoms with E-state index in [1.807, 2.05) is 72.8 Å². The molecular weight excluding hydrogens is 446 g/mol. The SMILES string of the molecule is CCN1CCOc2ccccc2OCCOc2ccccc2OCCOc2ccccc2OCC1. The third kappa shape index (κ3) is 7.45. The Morgan fingerprint density at radius 1 is 0.457 bits per heavy atom. The van der Waals surface area contributed by atoms with Crippen LogP contribution in [0.25, 0.3) is 0 Å². The Hall–Kier alpha value is -3.58. The van der Waals surface area contributed by atoms with Gasteiger partial charge in [-0.05, 0) is 42.9 Å². The molecular formula is C28H33NO6. The molecule has 0 aliphatic carbocycles. The van der Waals surface area contributed by atoms with Gasteiger partial charge >= 0.3 is 0 Å². The number of hydrogen-bond donors (Lipinski definition) is 0. The Morgan fingerprint density at radius 2 is 0.714 bits per heavy atom. The molecule has 1 aliphatic heterocycles. The molecule has 186 valence electrons. The second-order valence-electron chi connectivity index (χ2n) is 7.87. The Morgan fingerprint density at radius 3 is 0.971 bits per heavy atom. The molecule has 0 spiro atoms. The van der Waals surface area contributed by atoms with Gasteiger partial charge in [0.2, 0.25) is 0 Å². The number of rotatable bonds is 1. The van der Waals surface area contributed by atoms with Gasteiger partial charge < -0.3 is 28.4 Å². The minimum atomic E-state index is 0.375. The van der Waals surface area contributed by atoms with E-state index in [1.54, 1.807) is 0 Å². The van der Waals surface area contributed by atoms with Crippen LogP contribution in [-0.2, 0) is 0 Å². The van der Waals surface area contributed by atoms with Crippen LogP contribution in [-0.4, -0.2) is 64.2 Å². The van der Waals surface area contributed by atoms with Crippen LogP contribution in [0.2, 0.25) is 0 Å². The molecule has 0 saturated heterocycles. The second-order valence-corrected chi connectivity index (χ2v) is 7.87. The Labute approximate surface area is 207 Å². The van der Waals surface area contributed by atoms with E-state index in [0.29, 0.717) is 62.6 Å². The van der Waals surface area contributed by atoms with E-state index in [4.69, 9.17) is 28.4 Å². The summed E-state index contributed by atoms with van der Waals surface area (Å²) in [6, 6.07) is 23.0. The van der Waals surface area contributed by atoms with Crippen LogP contribution in [0.15, 0.2) is 72.8 Å². The van der Waals surface area contributed by atoms with Crippen molar-refractivity contribution in [2.75, 3.05) is 59.3 Å². The van der Waals surface area contributed by atoms with Crippen LogP contribution in [0.5, 0.6) is 34.5 Å². The average molecular weight is 480 g/mol. The zero-order valence-corrected chi connectivity index (χ0v) is 20.2. The lowest BCUT2D eigenvalue weighted by molar-refractivity contribution is 0.172. The number of benzene rings is 3. The van der Waals surface area contributed by atoms with Crippen molar-refractivity contribution >= 4 is 0 Å². The number of para-hydroxylation sites is 6. The van der Waals surface area contributed by atoms with Crippen molar-refractivity contribution < 1.29 is 28.4 Å². The highest BCUT2D eigenvalue weighted by Crippen LogP contribution is 2.29. The monoisotopic (exact) mass is 479 g/mol. The molecule has 7 nitrogen and oxygen atoms in total. The summed E-state index contributed by atoms with van der Waals surface area (Å²) in [7, 11) is 0. The summed E-state index contributed by atoms with van der Waals surface area (Å²) in [5, 5.41) is 0. The molecule has 1 heterocycles. The van der Waals surface area contributed by atoms with Crippen LogP contribution >= 0.6 is 0 Å². The summed E-state index contributed by atoms with van der Waals surface area (Å²) < 4.78 is 35.8. The molecule has 0 radical (unpaired) electrons. The van der Waals surface area contributed by atoms with Crippen molar-refractivity contribution in [3.63, 3.8) is 0 Å². The van der Waals surface area contributed by atoms with Crippen molar-refractivity contribution in [3.05, 3.63) is 72.8 Å². The highest BCUT2D eigenvalue weighted by molar-refractivity contribution is 5.41. The maximum Gasteiger partial charge on any atom is 0.161 e. The van der Waals surface area contributed by atoms with E-state index in [2.05, 4.69) is 11.8 Å². The van der Waals surface area contributed by atoms with Crippen molar-refractivity contribution in [2.45, 2.75) is 6.92 Å². The van der Waals surface area contributed by atoms with E-state index >= 15 is 0 Å². The van der Waals surface area contributed by atoms with E-state index in [-0.39, 0.29) is 0 Å². The maximum atomic E-state index is 6.04. The predicted molar refractivity (Wildman–Crippen MR) is 134 cm³/mol. The Balaban J connectivity index is 1.46. The molecule has 4 rings (SSSR count). The smallest absolute Gasteiger partial charge is 0.161 e. The highest BCUT2D eigenvalue weighted by atomic mass is 16.6. The summed E-state index contributed by atoms with van der Waals surface area (Å²) in [4.78, 5) is 2.29. The lowest BCUT2D eigenvalue weighted by Gasteiger charge is -2.21. The lowest BCUT2D eigenvalue weighted by atomic mass is 10.3. The molecule has 35 heavy (non-hydrogen) atoms. The first-order valence-corrected chi connectivity index (χ1v) is 12.1. The van der Waals surface area contributed by atoms with Gasteiger partial charge in [0.05, 0.1) is 0 Å². The lowest BCUT2D eigenvalue weighted by Crippen LogP contribution is -2.32. The fraction of sp³-hybridized carbons (Fsp3) is 0.357. The zero-order chi connectivity index (χ0) is 24.1. The van der Waals surface area contributed by atoms with Gasteiger partial charge in [-0.2, -0.15) is 0 Å². The van der Waals surface area contributed by atoms with Gasteiger partial charge in [-0.3, -0.25) is 4.90 Å².